The number of fused-ring (bicyclic) bond motifs is 3. The van der Waals surface area contributed by atoms with E-state index >= 15 is 0 Å². The van der Waals surface area contributed by atoms with Crippen molar-refractivity contribution in [3.8, 4) is 11.3 Å². The molecular formula is C22H29N3O2. The zero-order valence-electron chi connectivity index (χ0n) is 16.4. The third kappa shape index (κ3) is 3.53. The number of esters is 1. The third-order valence-electron chi connectivity index (χ3n) is 5.83. The first kappa shape index (κ1) is 18.2. The summed E-state index contributed by atoms with van der Waals surface area (Å²) in [6, 6.07) is 8.68. The van der Waals surface area contributed by atoms with E-state index in [9.17, 15) is 4.79 Å². The Hall–Kier alpha value is -2.14. The Morgan fingerprint density at radius 2 is 2.04 bits per heavy atom. The zero-order chi connectivity index (χ0) is 19.0. The van der Waals surface area contributed by atoms with Crippen LogP contribution in [0.25, 0.3) is 11.3 Å². The topological polar surface area (TPSA) is 56.1 Å². The van der Waals surface area contributed by atoms with E-state index in [1.54, 1.807) is 0 Å². The molecule has 0 radical (unpaired) electrons. The maximum absolute atomic E-state index is 12.7. The molecule has 2 aromatic rings. The highest BCUT2D eigenvalue weighted by Gasteiger charge is 2.36. The third-order valence-corrected chi connectivity index (χ3v) is 5.83. The van der Waals surface area contributed by atoms with Gasteiger partial charge >= 0.3 is 5.97 Å². The van der Waals surface area contributed by atoms with Gasteiger partial charge in [0, 0.05) is 12.0 Å². The van der Waals surface area contributed by atoms with Crippen LogP contribution >= 0.6 is 0 Å². The molecule has 0 amide bonds. The maximum Gasteiger partial charge on any atom is 0.311 e. The maximum atomic E-state index is 12.7. The summed E-state index contributed by atoms with van der Waals surface area (Å²) in [6.07, 6.45) is 6.66. The number of hydrogen-bond acceptors (Lipinski definition) is 4. The van der Waals surface area contributed by atoms with Crippen LogP contribution in [0.5, 0.6) is 0 Å². The van der Waals surface area contributed by atoms with Gasteiger partial charge < -0.3 is 14.6 Å². The van der Waals surface area contributed by atoms with Crippen LogP contribution in [0, 0.1) is 11.3 Å². The number of aromatic nitrogens is 2. The fourth-order valence-corrected chi connectivity index (χ4v) is 4.26. The van der Waals surface area contributed by atoms with Gasteiger partial charge in [0.25, 0.3) is 0 Å². The highest BCUT2D eigenvalue weighted by Crippen LogP contribution is 2.43. The van der Waals surface area contributed by atoms with Crippen molar-refractivity contribution in [3.05, 3.63) is 42.4 Å². The lowest BCUT2D eigenvalue weighted by molar-refractivity contribution is -0.162. The van der Waals surface area contributed by atoms with E-state index in [2.05, 4.69) is 39.1 Å². The highest BCUT2D eigenvalue weighted by molar-refractivity contribution is 5.75. The molecule has 144 valence electrons. The summed E-state index contributed by atoms with van der Waals surface area (Å²) in [5, 5.41) is 3.42. The minimum atomic E-state index is -0.487. The number of nitrogens with zero attached hydrogens (tertiary/aromatic N) is 2. The molecule has 27 heavy (non-hydrogen) atoms. The molecule has 4 rings (SSSR count). The Kier molecular flexibility index (Phi) is 4.81. The van der Waals surface area contributed by atoms with Crippen LogP contribution < -0.4 is 5.32 Å². The van der Waals surface area contributed by atoms with Gasteiger partial charge in [0.2, 0.25) is 0 Å². The lowest BCUT2D eigenvalue weighted by Crippen LogP contribution is -2.39. The minimum absolute atomic E-state index is 0.0785. The molecule has 0 saturated carbocycles. The SMILES string of the molecule is CC(C)(C)C(=O)O[C@@H](C[C@@H]1c2ccccc2-c2cncn21)C1CCNCC1. The molecule has 0 bridgehead atoms. The van der Waals surface area contributed by atoms with Gasteiger partial charge in [-0.2, -0.15) is 0 Å². The smallest absolute Gasteiger partial charge is 0.311 e. The number of carbonyl (C=O) groups excluding carboxylic acids is 1. The molecule has 2 atom stereocenters. The van der Waals surface area contributed by atoms with E-state index in [4.69, 9.17) is 4.74 Å². The molecule has 1 N–H and O–H groups in total. The Balaban J connectivity index is 1.62. The molecule has 2 aliphatic rings. The molecule has 1 fully saturated rings. The first-order valence-corrected chi connectivity index (χ1v) is 9.98. The van der Waals surface area contributed by atoms with Crippen LogP contribution in [0.4, 0.5) is 0 Å². The van der Waals surface area contributed by atoms with Crippen molar-refractivity contribution in [2.24, 2.45) is 11.3 Å². The summed E-state index contributed by atoms with van der Waals surface area (Å²) in [6.45, 7) is 7.76. The number of rotatable bonds is 4. The Morgan fingerprint density at radius 3 is 2.78 bits per heavy atom. The van der Waals surface area contributed by atoms with Crippen molar-refractivity contribution >= 4 is 5.97 Å². The largest absolute Gasteiger partial charge is 0.462 e. The summed E-state index contributed by atoms with van der Waals surface area (Å²) >= 11 is 0. The molecule has 2 aliphatic heterocycles. The molecule has 5 nitrogen and oxygen atoms in total. The number of hydrogen-bond donors (Lipinski definition) is 1. The van der Waals surface area contributed by atoms with E-state index in [-0.39, 0.29) is 18.1 Å². The zero-order valence-corrected chi connectivity index (χ0v) is 16.4. The predicted octanol–water partition coefficient (Wildman–Crippen LogP) is 3.80. The fourth-order valence-electron chi connectivity index (χ4n) is 4.26. The van der Waals surface area contributed by atoms with E-state index in [0.717, 1.165) is 38.0 Å². The highest BCUT2D eigenvalue weighted by atomic mass is 16.5. The number of piperidine rings is 1. The van der Waals surface area contributed by atoms with E-state index in [1.807, 2.05) is 33.3 Å². The summed E-state index contributed by atoms with van der Waals surface area (Å²) < 4.78 is 8.36. The summed E-state index contributed by atoms with van der Waals surface area (Å²) in [4.78, 5) is 17.0. The number of nitrogens with one attached hydrogen (secondary N) is 1. The molecule has 0 unspecified atom stereocenters. The van der Waals surface area contributed by atoms with Crippen molar-refractivity contribution in [2.75, 3.05) is 13.1 Å². The van der Waals surface area contributed by atoms with Crippen LogP contribution in [0.1, 0.15) is 51.6 Å². The number of ether oxygens (including phenoxy) is 1. The van der Waals surface area contributed by atoms with Gasteiger partial charge in [-0.3, -0.25) is 4.79 Å². The summed E-state index contributed by atoms with van der Waals surface area (Å²) in [7, 11) is 0. The quantitative estimate of drug-likeness (QED) is 0.835. The molecule has 5 heteroatoms. The van der Waals surface area contributed by atoms with Gasteiger partial charge in [-0.05, 0) is 58.2 Å². The van der Waals surface area contributed by atoms with Crippen LogP contribution in [-0.4, -0.2) is 34.7 Å². The van der Waals surface area contributed by atoms with Crippen LogP contribution in [-0.2, 0) is 9.53 Å². The molecule has 1 aromatic heterocycles. The van der Waals surface area contributed by atoms with Crippen molar-refractivity contribution in [3.63, 3.8) is 0 Å². The second-order valence-corrected chi connectivity index (χ2v) is 8.81. The van der Waals surface area contributed by atoms with Crippen LogP contribution in [0.15, 0.2) is 36.8 Å². The van der Waals surface area contributed by atoms with Gasteiger partial charge in [-0.15, -0.1) is 0 Å². The van der Waals surface area contributed by atoms with Gasteiger partial charge in [-0.1, -0.05) is 24.3 Å². The number of carbonyl (C=O) groups is 1. The first-order valence-electron chi connectivity index (χ1n) is 9.98. The molecule has 3 heterocycles. The monoisotopic (exact) mass is 367 g/mol. The van der Waals surface area contributed by atoms with Gasteiger partial charge in [-0.25, -0.2) is 4.98 Å². The lowest BCUT2D eigenvalue weighted by atomic mass is 9.86. The Labute approximate surface area is 161 Å². The van der Waals surface area contributed by atoms with E-state index in [1.165, 1.54) is 11.1 Å². The Morgan fingerprint density at radius 1 is 1.30 bits per heavy atom. The normalized spacial score (nSPS) is 20.8. The van der Waals surface area contributed by atoms with Crippen molar-refractivity contribution < 1.29 is 9.53 Å². The molecule has 0 spiro atoms. The molecule has 1 saturated heterocycles. The van der Waals surface area contributed by atoms with Crippen molar-refractivity contribution in [2.45, 2.75) is 52.2 Å². The molecular weight excluding hydrogens is 338 g/mol. The van der Waals surface area contributed by atoms with Crippen molar-refractivity contribution in [1.29, 1.82) is 0 Å². The molecule has 1 aromatic carbocycles. The predicted molar refractivity (Wildman–Crippen MR) is 105 cm³/mol. The van der Waals surface area contributed by atoms with E-state index < -0.39 is 5.41 Å². The fraction of sp³-hybridized carbons (Fsp3) is 0.545. The summed E-state index contributed by atoms with van der Waals surface area (Å²) in [5.41, 5.74) is 3.22. The Bertz CT molecular complexity index is 815. The van der Waals surface area contributed by atoms with E-state index in [0.29, 0.717) is 5.92 Å². The second-order valence-electron chi connectivity index (χ2n) is 8.81. The van der Waals surface area contributed by atoms with Gasteiger partial charge in [0.05, 0.1) is 29.7 Å². The average Bonchev–Trinajstić information content (AvgIpc) is 3.23. The average molecular weight is 367 g/mol. The molecule has 0 aliphatic carbocycles. The second kappa shape index (κ2) is 7.12. The van der Waals surface area contributed by atoms with Crippen LogP contribution in [0.3, 0.4) is 0 Å². The van der Waals surface area contributed by atoms with Crippen LogP contribution in [0.2, 0.25) is 0 Å². The number of imidazole rings is 1. The minimum Gasteiger partial charge on any atom is -0.462 e. The first-order chi connectivity index (χ1) is 12.9. The van der Waals surface area contributed by atoms with Gasteiger partial charge in [0.1, 0.15) is 6.10 Å². The standard InChI is InChI=1S/C22H29N3O2/c1-22(2,3)21(26)27-20(15-8-10-23-11-9-15)12-18-16-6-4-5-7-17(16)19-13-24-14-25(18)19/h4-7,13-15,18,20,23H,8-12H2,1-3H3/t18-,20+/m1/s1. The lowest BCUT2D eigenvalue weighted by Gasteiger charge is -2.34. The van der Waals surface area contributed by atoms with Crippen molar-refractivity contribution in [1.82, 2.24) is 14.9 Å². The number of benzene rings is 1. The summed E-state index contributed by atoms with van der Waals surface area (Å²) in [5.74, 6) is 0.292. The van der Waals surface area contributed by atoms with Gasteiger partial charge in [0.15, 0.2) is 0 Å².